The topological polar surface area (TPSA) is 60.9 Å². The van der Waals surface area contributed by atoms with Crippen molar-refractivity contribution in [3.8, 4) is 11.3 Å². The summed E-state index contributed by atoms with van der Waals surface area (Å²) in [6.07, 6.45) is 4.52. The van der Waals surface area contributed by atoms with E-state index in [2.05, 4.69) is 33.7 Å². The molecule has 1 saturated carbocycles. The number of H-pyrrole nitrogens is 1. The monoisotopic (exact) mass is 271 g/mol. The molecule has 0 atom stereocenters. The molecule has 0 bridgehead atoms. The van der Waals surface area contributed by atoms with Gasteiger partial charge in [-0.1, -0.05) is 43.2 Å². The average Bonchev–Trinajstić information content (AvgIpc) is 3.16. The fourth-order valence-corrected chi connectivity index (χ4v) is 2.93. The molecule has 2 aromatic rings. The van der Waals surface area contributed by atoms with Crippen LogP contribution in [0, 0.1) is 0 Å². The second-order valence-corrected chi connectivity index (χ2v) is 5.64. The Morgan fingerprint density at radius 1 is 1.20 bits per heavy atom. The highest BCUT2D eigenvalue weighted by atomic mass is 16.3. The second kappa shape index (κ2) is 5.77. The molecule has 1 aliphatic rings. The van der Waals surface area contributed by atoms with Crippen LogP contribution in [-0.4, -0.2) is 27.4 Å². The van der Waals surface area contributed by atoms with Crippen LogP contribution in [-0.2, 0) is 6.54 Å². The van der Waals surface area contributed by atoms with Crippen molar-refractivity contribution in [2.75, 3.05) is 6.61 Å². The maximum atomic E-state index is 9.59. The standard InChI is InChI=1S/C16H21N3O/c20-12-16(8-4-5-9-16)17-11-14-10-15(19-18-14)13-6-2-1-3-7-13/h1-3,6-7,10,17,20H,4-5,8-9,11-12H2,(H,18,19). The van der Waals surface area contributed by atoms with E-state index in [0.717, 1.165) is 36.3 Å². The molecule has 106 valence electrons. The van der Waals surface area contributed by atoms with Crippen LogP contribution in [0.15, 0.2) is 36.4 Å². The molecule has 1 aromatic carbocycles. The van der Waals surface area contributed by atoms with Gasteiger partial charge in [0.25, 0.3) is 0 Å². The van der Waals surface area contributed by atoms with Gasteiger partial charge in [0, 0.05) is 23.3 Å². The Morgan fingerprint density at radius 3 is 2.65 bits per heavy atom. The van der Waals surface area contributed by atoms with Crippen LogP contribution in [0.4, 0.5) is 0 Å². The van der Waals surface area contributed by atoms with Gasteiger partial charge in [0.05, 0.1) is 12.3 Å². The number of rotatable bonds is 5. The van der Waals surface area contributed by atoms with Gasteiger partial charge in [0.1, 0.15) is 0 Å². The lowest BCUT2D eigenvalue weighted by Gasteiger charge is -2.27. The van der Waals surface area contributed by atoms with Gasteiger partial charge in [-0.15, -0.1) is 0 Å². The Kier molecular flexibility index (Phi) is 3.85. The number of nitrogens with one attached hydrogen (secondary N) is 2. The van der Waals surface area contributed by atoms with Crippen LogP contribution in [0.1, 0.15) is 31.4 Å². The third-order valence-corrected chi connectivity index (χ3v) is 4.22. The van der Waals surface area contributed by atoms with Crippen molar-refractivity contribution in [3.63, 3.8) is 0 Å². The number of aliphatic hydroxyl groups excluding tert-OH is 1. The molecule has 3 rings (SSSR count). The summed E-state index contributed by atoms with van der Waals surface area (Å²) in [4.78, 5) is 0. The lowest BCUT2D eigenvalue weighted by atomic mass is 9.99. The van der Waals surface area contributed by atoms with Crippen LogP contribution in [0.2, 0.25) is 0 Å². The van der Waals surface area contributed by atoms with Gasteiger partial charge in [-0.25, -0.2) is 0 Å². The van der Waals surface area contributed by atoms with Crippen molar-refractivity contribution in [2.45, 2.75) is 37.8 Å². The molecule has 1 fully saturated rings. The zero-order valence-corrected chi connectivity index (χ0v) is 11.6. The van der Waals surface area contributed by atoms with E-state index < -0.39 is 0 Å². The molecule has 0 radical (unpaired) electrons. The van der Waals surface area contributed by atoms with Gasteiger partial charge in [-0.2, -0.15) is 5.10 Å². The molecule has 20 heavy (non-hydrogen) atoms. The van der Waals surface area contributed by atoms with E-state index in [1.165, 1.54) is 12.8 Å². The minimum Gasteiger partial charge on any atom is -0.394 e. The Hall–Kier alpha value is -1.65. The predicted octanol–water partition coefficient (Wildman–Crippen LogP) is 2.47. The summed E-state index contributed by atoms with van der Waals surface area (Å²) in [6.45, 7) is 0.938. The number of benzene rings is 1. The van der Waals surface area contributed by atoms with Crippen LogP contribution in [0.3, 0.4) is 0 Å². The quantitative estimate of drug-likeness (QED) is 0.783. The Bertz CT molecular complexity index is 544. The first-order chi connectivity index (χ1) is 9.81. The zero-order chi connectivity index (χ0) is 13.8. The van der Waals surface area contributed by atoms with E-state index in [9.17, 15) is 5.11 Å². The van der Waals surface area contributed by atoms with Gasteiger partial charge < -0.3 is 10.4 Å². The maximum Gasteiger partial charge on any atom is 0.0924 e. The van der Waals surface area contributed by atoms with Crippen LogP contribution in [0.5, 0.6) is 0 Å². The van der Waals surface area contributed by atoms with E-state index in [0.29, 0.717) is 0 Å². The van der Waals surface area contributed by atoms with Gasteiger partial charge in [-0.3, -0.25) is 5.10 Å². The number of aromatic nitrogens is 2. The Labute approximate surface area is 119 Å². The summed E-state index contributed by atoms with van der Waals surface area (Å²) < 4.78 is 0. The van der Waals surface area contributed by atoms with Crippen molar-refractivity contribution in [3.05, 3.63) is 42.1 Å². The summed E-state index contributed by atoms with van der Waals surface area (Å²) in [6, 6.07) is 12.2. The predicted molar refractivity (Wildman–Crippen MR) is 79.1 cm³/mol. The van der Waals surface area contributed by atoms with Crippen LogP contribution < -0.4 is 5.32 Å². The molecule has 1 heterocycles. The second-order valence-electron chi connectivity index (χ2n) is 5.64. The normalized spacial score (nSPS) is 17.4. The first-order valence-corrected chi connectivity index (χ1v) is 7.27. The molecule has 1 aromatic heterocycles. The molecule has 0 spiro atoms. The van der Waals surface area contributed by atoms with Gasteiger partial charge in [-0.05, 0) is 18.9 Å². The van der Waals surface area contributed by atoms with Gasteiger partial charge in [0.2, 0.25) is 0 Å². The number of hydrogen-bond acceptors (Lipinski definition) is 3. The largest absolute Gasteiger partial charge is 0.394 e. The number of aliphatic hydroxyl groups is 1. The summed E-state index contributed by atoms with van der Waals surface area (Å²) in [5.74, 6) is 0. The van der Waals surface area contributed by atoms with Gasteiger partial charge in [0.15, 0.2) is 0 Å². The molecule has 4 nitrogen and oxygen atoms in total. The molecule has 4 heteroatoms. The molecular weight excluding hydrogens is 250 g/mol. The Balaban J connectivity index is 1.66. The summed E-state index contributed by atoms with van der Waals surface area (Å²) in [7, 11) is 0. The average molecular weight is 271 g/mol. The number of nitrogens with zero attached hydrogens (tertiary/aromatic N) is 1. The van der Waals surface area contributed by atoms with Crippen molar-refractivity contribution in [2.24, 2.45) is 0 Å². The number of aromatic amines is 1. The maximum absolute atomic E-state index is 9.59. The highest BCUT2D eigenvalue weighted by molar-refractivity contribution is 5.58. The SMILES string of the molecule is OCC1(NCc2cc(-c3ccccc3)n[nH]2)CCCC1. The number of hydrogen-bond donors (Lipinski definition) is 3. The summed E-state index contributed by atoms with van der Waals surface area (Å²) in [5, 5.41) is 20.5. The molecule has 0 amide bonds. The van der Waals surface area contributed by atoms with Crippen molar-refractivity contribution in [1.29, 1.82) is 0 Å². The van der Waals surface area contributed by atoms with Crippen molar-refractivity contribution in [1.82, 2.24) is 15.5 Å². The molecule has 0 unspecified atom stereocenters. The minimum absolute atomic E-state index is 0.0853. The van der Waals surface area contributed by atoms with Crippen molar-refractivity contribution < 1.29 is 5.11 Å². The molecule has 3 N–H and O–H groups in total. The van der Waals surface area contributed by atoms with E-state index in [1.807, 2.05) is 18.2 Å². The highest BCUT2D eigenvalue weighted by Crippen LogP contribution is 2.29. The third kappa shape index (κ3) is 2.76. The van der Waals surface area contributed by atoms with Crippen molar-refractivity contribution >= 4 is 0 Å². The fraction of sp³-hybridized carbons (Fsp3) is 0.438. The lowest BCUT2D eigenvalue weighted by molar-refractivity contribution is 0.162. The van der Waals surface area contributed by atoms with Crippen LogP contribution in [0.25, 0.3) is 11.3 Å². The van der Waals surface area contributed by atoms with E-state index >= 15 is 0 Å². The molecule has 0 saturated heterocycles. The van der Waals surface area contributed by atoms with Gasteiger partial charge >= 0.3 is 0 Å². The Morgan fingerprint density at radius 2 is 1.95 bits per heavy atom. The summed E-state index contributed by atoms with van der Waals surface area (Å²) >= 11 is 0. The first-order valence-electron chi connectivity index (χ1n) is 7.27. The lowest BCUT2D eigenvalue weighted by Crippen LogP contribution is -2.45. The molecule has 1 aliphatic carbocycles. The van der Waals surface area contributed by atoms with Crippen LogP contribution >= 0.6 is 0 Å². The molecular formula is C16H21N3O. The smallest absolute Gasteiger partial charge is 0.0924 e. The van der Waals surface area contributed by atoms with E-state index in [4.69, 9.17) is 0 Å². The highest BCUT2D eigenvalue weighted by Gasteiger charge is 2.32. The zero-order valence-electron chi connectivity index (χ0n) is 11.6. The molecule has 0 aliphatic heterocycles. The van der Waals surface area contributed by atoms with E-state index in [-0.39, 0.29) is 12.1 Å². The van der Waals surface area contributed by atoms with E-state index in [1.54, 1.807) is 0 Å². The third-order valence-electron chi connectivity index (χ3n) is 4.22. The first kappa shape index (κ1) is 13.3. The summed E-state index contributed by atoms with van der Waals surface area (Å²) in [5.41, 5.74) is 3.06. The minimum atomic E-state index is -0.0853. The fourth-order valence-electron chi connectivity index (χ4n) is 2.93.